The van der Waals surface area contributed by atoms with E-state index in [4.69, 9.17) is 0 Å². The normalized spacial score (nSPS) is 33.2. The highest BCUT2D eigenvalue weighted by atomic mass is 19.4. The molecule has 0 radical (unpaired) electrons. The molecule has 1 nitrogen and oxygen atoms in total. The van der Waals surface area contributed by atoms with Crippen molar-refractivity contribution in [3.8, 4) is 0 Å². The number of halogens is 3. The van der Waals surface area contributed by atoms with Gasteiger partial charge in [0.2, 0.25) is 0 Å². The van der Waals surface area contributed by atoms with Gasteiger partial charge in [0.05, 0.1) is 12.0 Å². The minimum absolute atomic E-state index is 0.261. The molecule has 0 aromatic heterocycles. The standard InChI is InChI=1S/C17H24F3N/c18-17(19,20)14-9-3-4-10-16(14)21-15-11-5-7-12-6-1-2-8-13(12)15/h14,16H,1-11H2. The largest absolute Gasteiger partial charge is 0.393 e. The molecule has 118 valence electrons. The highest BCUT2D eigenvalue weighted by molar-refractivity contribution is 6.01. The van der Waals surface area contributed by atoms with Gasteiger partial charge in [-0.2, -0.15) is 13.2 Å². The van der Waals surface area contributed by atoms with Crippen LogP contribution >= 0.6 is 0 Å². The first-order valence-electron chi connectivity index (χ1n) is 8.40. The van der Waals surface area contributed by atoms with Gasteiger partial charge >= 0.3 is 6.18 Å². The summed E-state index contributed by atoms with van der Waals surface area (Å²) < 4.78 is 39.6. The van der Waals surface area contributed by atoms with Crippen LogP contribution in [0.1, 0.15) is 70.6 Å². The highest BCUT2D eigenvalue weighted by Crippen LogP contribution is 2.41. The maximum Gasteiger partial charge on any atom is 0.393 e. The quantitative estimate of drug-likeness (QED) is 0.597. The van der Waals surface area contributed by atoms with Crippen LogP contribution in [0, 0.1) is 5.92 Å². The van der Waals surface area contributed by atoms with Gasteiger partial charge < -0.3 is 0 Å². The van der Waals surface area contributed by atoms with E-state index in [9.17, 15) is 13.2 Å². The number of rotatable bonds is 1. The molecule has 3 rings (SSSR count). The molecule has 1 saturated carbocycles. The number of aliphatic imine (C=N–C) groups is 1. The van der Waals surface area contributed by atoms with E-state index in [-0.39, 0.29) is 6.42 Å². The van der Waals surface area contributed by atoms with E-state index in [2.05, 4.69) is 4.99 Å². The Hall–Kier alpha value is -0.800. The zero-order chi connectivity index (χ0) is 14.9. The minimum atomic E-state index is -4.09. The first-order valence-corrected chi connectivity index (χ1v) is 8.40. The van der Waals surface area contributed by atoms with Crippen LogP contribution in [0.15, 0.2) is 16.1 Å². The Bertz CT molecular complexity index is 443. The maximum absolute atomic E-state index is 13.2. The average Bonchev–Trinajstić information content (AvgIpc) is 2.47. The minimum Gasteiger partial charge on any atom is -0.286 e. The Labute approximate surface area is 124 Å². The molecular formula is C17H24F3N. The number of hydrogen-bond donors (Lipinski definition) is 0. The van der Waals surface area contributed by atoms with E-state index in [1.165, 1.54) is 24.0 Å². The molecule has 0 aliphatic heterocycles. The number of nitrogens with zero attached hydrogens (tertiary/aromatic N) is 1. The van der Waals surface area contributed by atoms with Gasteiger partial charge in [0.15, 0.2) is 0 Å². The van der Waals surface area contributed by atoms with Crippen LogP contribution in [0.25, 0.3) is 0 Å². The Morgan fingerprint density at radius 3 is 2.33 bits per heavy atom. The van der Waals surface area contributed by atoms with Crippen LogP contribution in [0.2, 0.25) is 0 Å². The van der Waals surface area contributed by atoms with Crippen LogP contribution in [0.5, 0.6) is 0 Å². The fourth-order valence-electron chi connectivity index (χ4n) is 4.20. The van der Waals surface area contributed by atoms with E-state index < -0.39 is 18.1 Å². The zero-order valence-corrected chi connectivity index (χ0v) is 12.5. The third kappa shape index (κ3) is 3.35. The van der Waals surface area contributed by atoms with Crippen molar-refractivity contribution in [3.05, 3.63) is 11.1 Å². The average molecular weight is 299 g/mol. The first-order chi connectivity index (χ1) is 10.1. The van der Waals surface area contributed by atoms with Gasteiger partial charge in [-0.1, -0.05) is 18.4 Å². The topological polar surface area (TPSA) is 12.4 Å². The molecule has 0 N–H and O–H groups in total. The lowest BCUT2D eigenvalue weighted by atomic mass is 9.80. The highest BCUT2D eigenvalue weighted by Gasteiger charge is 2.45. The number of allylic oxidation sites excluding steroid dienone is 2. The van der Waals surface area contributed by atoms with Gasteiger partial charge in [-0.15, -0.1) is 0 Å². The van der Waals surface area contributed by atoms with Gasteiger partial charge in [-0.05, 0) is 63.4 Å². The third-order valence-corrected chi connectivity index (χ3v) is 5.29. The summed E-state index contributed by atoms with van der Waals surface area (Å²) in [5.41, 5.74) is 3.85. The van der Waals surface area contributed by atoms with E-state index in [0.29, 0.717) is 12.8 Å². The summed E-state index contributed by atoms with van der Waals surface area (Å²) in [6.45, 7) is 0. The molecule has 1 fully saturated rings. The molecule has 0 amide bonds. The number of hydrogen-bond acceptors (Lipinski definition) is 1. The van der Waals surface area contributed by atoms with Crippen molar-refractivity contribution in [2.75, 3.05) is 0 Å². The second-order valence-corrected chi connectivity index (χ2v) is 6.72. The Kier molecular flexibility index (Phi) is 4.41. The molecular weight excluding hydrogens is 275 g/mol. The molecule has 0 bridgehead atoms. The lowest BCUT2D eigenvalue weighted by Gasteiger charge is -2.33. The first kappa shape index (κ1) is 15.1. The summed E-state index contributed by atoms with van der Waals surface area (Å²) in [6.07, 6.45) is 6.05. The van der Waals surface area contributed by atoms with Gasteiger partial charge in [-0.25, -0.2) is 0 Å². The second kappa shape index (κ2) is 6.13. The fourth-order valence-corrected chi connectivity index (χ4v) is 4.20. The molecule has 0 heterocycles. The van der Waals surface area contributed by atoms with Gasteiger partial charge in [0.1, 0.15) is 0 Å². The van der Waals surface area contributed by atoms with Crippen molar-refractivity contribution in [2.45, 2.75) is 82.8 Å². The van der Waals surface area contributed by atoms with E-state index >= 15 is 0 Å². The van der Waals surface area contributed by atoms with Crippen LogP contribution in [-0.4, -0.2) is 17.9 Å². The SMILES string of the molecule is FC(F)(F)C1CCCCC1N=C1CCCC2=C1CCCC2. The van der Waals surface area contributed by atoms with Gasteiger partial charge in [0, 0.05) is 5.71 Å². The molecule has 3 aliphatic rings. The Balaban J connectivity index is 1.85. The van der Waals surface area contributed by atoms with Crippen LogP contribution < -0.4 is 0 Å². The molecule has 2 unspecified atom stereocenters. The van der Waals surface area contributed by atoms with E-state index in [1.54, 1.807) is 0 Å². The van der Waals surface area contributed by atoms with Crippen molar-refractivity contribution in [2.24, 2.45) is 10.9 Å². The maximum atomic E-state index is 13.2. The van der Waals surface area contributed by atoms with Gasteiger partial charge in [0.25, 0.3) is 0 Å². The Morgan fingerprint density at radius 1 is 0.810 bits per heavy atom. The molecule has 3 aliphatic carbocycles. The molecule has 0 aromatic rings. The predicted molar refractivity (Wildman–Crippen MR) is 78.6 cm³/mol. The molecule has 21 heavy (non-hydrogen) atoms. The van der Waals surface area contributed by atoms with Crippen molar-refractivity contribution < 1.29 is 13.2 Å². The summed E-state index contributed by atoms with van der Waals surface area (Å²) in [5.74, 6) is -1.21. The third-order valence-electron chi connectivity index (χ3n) is 5.29. The van der Waals surface area contributed by atoms with Gasteiger partial charge in [-0.3, -0.25) is 4.99 Å². The molecule has 4 heteroatoms. The van der Waals surface area contributed by atoms with Crippen molar-refractivity contribution in [1.29, 1.82) is 0 Å². The summed E-state index contributed by atoms with van der Waals surface area (Å²) in [6, 6.07) is -0.525. The van der Waals surface area contributed by atoms with Crippen LogP contribution in [-0.2, 0) is 0 Å². The van der Waals surface area contributed by atoms with Crippen LogP contribution in [0.3, 0.4) is 0 Å². The molecule has 0 aromatic carbocycles. The van der Waals surface area contributed by atoms with Crippen molar-refractivity contribution in [1.82, 2.24) is 0 Å². The molecule has 0 saturated heterocycles. The second-order valence-electron chi connectivity index (χ2n) is 6.72. The molecule has 0 spiro atoms. The predicted octanol–water partition coefficient (Wildman–Crippen LogP) is 5.60. The van der Waals surface area contributed by atoms with Crippen molar-refractivity contribution >= 4 is 5.71 Å². The Morgan fingerprint density at radius 2 is 1.52 bits per heavy atom. The van der Waals surface area contributed by atoms with Crippen molar-refractivity contribution in [3.63, 3.8) is 0 Å². The smallest absolute Gasteiger partial charge is 0.286 e. The van der Waals surface area contributed by atoms with Crippen LogP contribution in [0.4, 0.5) is 13.2 Å². The summed E-state index contributed by atoms with van der Waals surface area (Å²) >= 11 is 0. The lowest BCUT2D eigenvalue weighted by Crippen LogP contribution is -2.36. The lowest BCUT2D eigenvalue weighted by molar-refractivity contribution is -0.185. The fraction of sp³-hybridized carbons (Fsp3) is 0.824. The zero-order valence-electron chi connectivity index (χ0n) is 12.5. The summed E-state index contributed by atoms with van der Waals surface area (Å²) in [5, 5.41) is 0. The summed E-state index contributed by atoms with van der Waals surface area (Å²) in [7, 11) is 0. The van der Waals surface area contributed by atoms with E-state index in [1.807, 2.05) is 0 Å². The monoisotopic (exact) mass is 299 g/mol. The molecule has 2 atom stereocenters. The summed E-state index contributed by atoms with van der Waals surface area (Å²) in [4.78, 5) is 4.67. The number of alkyl halides is 3. The van der Waals surface area contributed by atoms with E-state index in [0.717, 1.165) is 44.2 Å².